The minimum atomic E-state index is -0.589. The highest BCUT2D eigenvalue weighted by Crippen LogP contribution is 2.69. The van der Waals surface area contributed by atoms with Gasteiger partial charge in [-0.15, -0.1) is 0 Å². The number of rotatable bonds is 6. The molecule has 0 unspecified atom stereocenters. The Morgan fingerprint density at radius 2 is 1.52 bits per heavy atom. The fourth-order valence-corrected chi connectivity index (χ4v) is 18.2. The Bertz CT molecular complexity index is 2050. The lowest BCUT2D eigenvalue weighted by molar-refractivity contribution is -0.264. The van der Waals surface area contributed by atoms with E-state index >= 15 is 0 Å². The number of nitrogens with zero attached hydrogens (tertiary/aromatic N) is 2. The summed E-state index contributed by atoms with van der Waals surface area (Å²) >= 11 is 2.52. The van der Waals surface area contributed by atoms with Crippen LogP contribution in [0.2, 0.25) is 0 Å². The van der Waals surface area contributed by atoms with Crippen molar-refractivity contribution in [1.82, 2.24) is 9.97 Å². The number of aliphatic hydroxyl groups excluding tert-OH is 2. The van der Waals surface area contributed by atoms with Crippen molar-refractivity contribution in [3.8, 4) is 0 Å². The third-order valence-corrected chi connectivity index (χ3v) is 22.4. The summed E-state index contributed by atoms with van der Waals surface area (Å²) in [6, 6.07) is 0. The van der Waals surface area contributed by atoms with Gasteiger partial charge in [-0.3, -0.25) is 9.97 Å². The topological polar surface area (TPSA) is 103 Å². The van der Waals surface area contributed by atoms with Gasteiger partial charge in [-0.2, -0.15) is 0 Å². The Hall–Kier alpha value is -0.950. The van der Waals surface area contributed by atoms with E-state index in [9.17, 15) is 10.2 Å². The monoisotopic (exact) mass is 993 g/mol. The van der Waals surface area contributed by atoms with Crippen LogP contribution in [0.1, 0.15) is 155 Å². The number of hydrogen-bond donors (Lipinski definition) is 2. The predicted molar refractivity (Wildman–Crippen MR) is 257 cm³/mol. The van der Waals surface area contributed by atoms with E-state index in [1.807, 2.05) is 7.11 Å². The first-order valence-corrected chi connectivity index (χ1v) is 27.6. The lowest BCUT2D eigenvalue weighted by atomic mass is 9.45. The predicted octanol–water partition coefficient (Wildman–Crippen LogP) is 10.6. The zero-order valence-electron chi connectivity index (χ0n) is 40.7. The SMILES string of the molecule is CC[C@@H]1[C@H](/C=C2\C[C@H](O)C[C@H]3[C@H]2CC[C@H]2Cc4nc5c(nc4C[C@@]23C)C[C@@H]2CC[C@H]3C4=C[C@@H]6O[C@@](CC[C@@H](C)I)(OC)[C@@H](C)[C@@H]6[C@@]4(C)[C@H](O)C[C@@H]3[C@@]2(C)C5)O[C@]2(CC[C@@H](C)CO2)[C@H]1C. The molecule has 4 heterocycles. The van der Waals surface area contributed by atoms with Crippen molar-refractivity contribution in [2.75, 3.05) is 13.7 Å². The molecule has 7 fully saturated rings. The summed E-state index contributed by atoms with van der Waals surface area (Å²) in [6.45, 7) is 19.9. The third kappa shape index (κ3) is 6.64. The van der Waals surface area contributed by atoms with Crippen molar-refractivity contribution in [3.63, 3.8) is 0 Å². The molecule has 1 spiro atoms. The molecule has 9 heteroatoms. The molecule has 3 aliphatic heterocycles. The van der Waals surface area contributed by atoms with Crippen LogP contribution in [0.5, 0.6) is 0 Å². The first-order valence-electron chi connectivity index (χ1n) is 26.3. The average Bonchev–Trinajstić information content (AvgIpc) is 3.82. The standard InChI is InChI=1S/C55H81IN2O6/c1-10-37-31(4)55(17-15-29(2)28-62-55)63-47(37)20-33-19-36(59)23-40-38(33)13-11-34-21-43-45(26-51(34,40)6)57-44-22-35-12-14-39-41(52(35,7)27-46(44)58-43)25-49(60)53(8)42(39)24-48-50(53)32(5)54(61-9,64-48)18-16-30(3)56/h20,24,29-32,34-41,47-50,59-60H,10-19,21-23,25-28H2,1-9H3/b33-20+/t29-,30-,31+,32+,34+,35+,36+,37+,38+,39-,40+,41+,47+,48+,49-,50+,51+,52+,53-,54-,55-/m1/s1. The molecule has 0 bridgehead atoms. The first-order chi connectivity index (χ1) is 30.5. The van der Waals surface area contributed by atoms with Crippen molar-refractivity contribution < 1.29 is 29.2 Å². The summed E-state index contributed by atoms with van der Waals surface area (Å²) in [6.07, 6.45) is 20.7. The third-order valence-electron chi connectivity index (χ3n) is 21.8. The van der Waals surface area contributed by atoms with Crippen LogP contribution in [-0.4, -0.2) is 73.8 Å². The zero-order chi connectivity index (χ0) is 44.9. The molecule has 1 aromatic heterocycles. The van der Waals surface area contributed by atoms with Crippen LogP contribution >= 0.6 is 22.6 Å². The van der Waals surface area contributed by atoms with E-state index < -0.39 is 17.7 Å². The number of methoxy groups -OCH3 is 1. The minimum absolute atomic E-state index is 0.00498. The maximum Gasteiger partial charge on any atom is 0.171 e. The summed E-state index contributed by atoms with van der Waals surface area (Å²) in [4.78, 5) is 11.3. The molecule has 10 aliphatic rings. The molecule has 21 atom stereocenters. The highest BCUT2D eigenvalue weighted by atomic mass is 127. The number of alkyl halides is 1. The fourth-order valence-electron chi connectivity index (χ4n) is 17.9. The maximum absolute atomic E-state index is 12.5. The number of ether oxygens (including phenoxy) is 4. The van der Waals surface area contributed by atoms with Gasteiger partial charge in [0.2, 0.25) is 0 Å². The summed E-state index contributed by atoms with van der Waals surface area (Å²) in [5.74, 6) is 3.65. The van der Waals surface area contributed by atoms with Crippen LogP contribution in [0.4, 0.5) is 0 Å². The largest absolute Gasteiger partial charge is 0.393 e. The van der Waals surface area contributed by atoms with Gasteiger partial charge < -0.3 is 29.2 Å². The number of hydrogen-bond acceptors (Lipinski definition) is 8. The lowest BCUT2D eigenvalue weighted by Gasteiger charge is -2.60. The molecular formula is C55H81IN2O6. The minimum Gasteiger partial charge on any atom is -0.393 e. The molecule has 7 aliphatic carbocycles. The molecule has 3 saturated heterocycles. The smallest absolute Gasteiger partial charge is 0.171 e. The Balaban J connectivity index is 0.835. The van der Waals surface area contributed by atoms with Crippen LogP contribution < -0.4 is 0 Å². The van der Waals surface area contributed by atoms with Crippen LogP contribution in [0, 0.1) is 81.3 Å². The Morgan fingerprint density at radius 1 is 0.859 bits per heavy atom. The second-order valence-electron chi connectivity index (χ2n) is 24.7. The lowest BCUT2D eigenvalue weighted by Crippen LogP contribution is -2.57. The maximum atomic E-state index is 12.5. The second kappa shape index (κ2) is 16.0. The highest BCUT2D eigenvalue weighted by Gasteiger charge is 2.68. The van der Waals surface area contributed by atoms with Crippen molar-refractivity contribution in [3.05, 3.63) is 46.1 Å². The Labute approximate surface area is 398 Å². The summed E-state index contributed by atoms with van der Waals surface area (Å²) in [5, 5.41) is 24.1. The summed E-state index contributed by atoms with van der Waals surface area (Å²) in [5.41, 5.74) is 7.78. The number of aliphatic hydroxyl groups is 2. The van der Waals surface area contributed by atoms with Crippen LogP contribution in [0.15, 0.2) is 23.3 Å². The van der Waals surface area contributed by atoms with Gasteiger partial charge in [0.25, 0.3) is 0 Å². The van der Waals surface area contributed by atoms with Crippen LogP contribution in [0.25, 0.3) is 0 Å². The Kier molecular flexibility index (Phi) is 11.4. The molecule has 64 heavy (non-hydrogen) atoms. The number of halogens is 1. The molecule has 0 amide bonds. The van der Waals surface area contributed by atoms with Crippen molar-refractivity contribution in [2.24, 2.45) is 81.3 Å². The normalized spacial score (nSPS) is 52.4. The van der Waals surface area contributed by atoms with Gasteiger partial charge in [0.1, 0.15) is 0 Å². The van der Waals surface area contributed by atoms with Crippen molar-refractivity contribution in [1.29, 1.82) is 0 Å². The van der Waals surface area contributed by atoms with Gasteiger partial charge in [0.05, 0.1) is 53.8 Å². The molecule has 0 radical (unpaired) electrons. The van der Waals surface area contributed by atoms with Crippen LogP contribution in [-0.2, 0) is 44.6 Å². The Morgan fingerprint density at radius 3 is 2.12 bits per heavy atom. The van der Waals surface area contributed by atoms with E-state index in [4.69, 9.17) is 28.9 Å². The second-order valence-corrected chi connectivity index (χ2v) is 26.8. The summed E-state index contributed by atoms with van der Waals surface area (Å²) < 4.78 is 27.4. The average molecular weight is 993 g/mol. The van der Waals surface area contributed by atoms with E-state index in [1.54, 1.807) is 0 Å². The molecule has 1 aromatic rings. The first kappa shape index (κ1) is 45.5. The highest BCUT2D eigenvalue weighted by molar-refractivity contribution is 14.1. The van der Waals surface area contributed by atoms with Gasteiger partial charge in [-0.25, -0.2) is 0 Å². The van der Waals surface area contributed by atoms with Gasteiger partial charge in [0, 0.05) is 47.0 Å². The van der Waals surface area contributed by atoms with Crippen LogP contribution in [0.3, 0.4) is 0 Å². The fraction of sp³-hybridized carbons (Fsp3) is 0.855. The molecule has 2 N–H and O–H groups in total. The molecular weight excluding hydrogens is 912 g/mol. The molecule has 11 rings (SSSR count). The van der Waals surface area contributed by atoms with Crippen molar-refractivity contribution >= 4 is 22.6 Å². The molecule has 354 valence electrons. The van der Waals surface area contributed by atoms with Gasteiger partial charge >= 0.3 is 0 Å². The van der Waals surface area contributed by atoms with E-state index in [-0.39, 0.29) is 46.4 Å². The van der Waals surface area contributed by atoms with Crippen molar-refractivity contribution in [2.45, 2.75) is 198 Å². The van der Waals surface area contributed by atoms with E-state index in [2.05, 4.69) is 90.1 Å². The molecule has 0 aromatic carbocycles. The van der Waals surface area contributed by atoms with Gasteiger partial charge in [-0.05, 0) is 142 Å². The van der Waals surface area contributed by atoms with E-state index in [1.165, 1.54) is 59.6 Å². The van der Waals surface area contributed by atoms with E-state index in [0.29, 0.717) is 57.2 Å². The molecule has 8 nitrogen and oxygen atoms in total. The summed E-state index contributed by atoms with van der Waals surface area (Å²) in [7, 11) is 1.83. The number of fused-ring (bicyclic) bond motifs is 12. The quantitative estimate of drug-likeness (QED) is 0.165. The van der Waals surface area contributed by atoms with Gasteiger partial charge in [-0.1, -0.05) is 108 Å². The molecule has 4 saturated carbocycles. The zero-order valence-corrected chi connectivity index (χ0v) is 42.9. The number of aromatic nitrogens is 2. The van der Waals surface area contributed by atoms with Gasteiger partial charge in [0.15, 0.2) is 11.6 Å². The van der Waals surface area contributed by atoms with E-state index in [0.717, 1.165) is 83.7 Å².